The highest BCUT2D eigenvalue weighted by Crippen LogP contribution is 2.11. The van der Waals surface area contributed by atoms with Crippen molar-refractivity contribution in [2.75, 3.05) is 17.5 Å². The molecule has 0 aliphatic carbocycles. The van der Waals surface area contributed by atoms with Crippen molar-refractivity contribution in [1.29, 1.82) is 0 Å². The third-order valence-corrected chi connectivity index (χ3v) is 3.19. The van der Waals surface area contributed by atoms with E-state index in [1.165, 1.54) is 0 Å². The van der Waals surface area contributed by atoms with Gasteiger partial charge in [0.05, 0.1) is 17.9 Å². The number of nitrogens with one attached hydrogen (secondary N) is 3. The molecule has 3 N–H and O–H groups in total. The molecule has 0 spiro atoms. The minimum atomic E-state index is -0.392. The Morgan fingerprint density at radius 2 is 2.00 bits per heavy atom. The molecule has 0 unspecified atom stereocenters. The Morgan fingerprint density at radius 1 is 1.21 bits per heavy atom. The number of nitrogens with zero attached hydrogens (tertiary/aromatic N) is 2. The Bertz CT molecular complexity index is 921. The summed E-state index contributed by atoms with van der Waals surface area (Å²) < 4.78 is 4.92. The maximum Gasteiger partial charge on any atom is 0.338 e. The summed E-state index contributed by atoms with van der Waals surface area (Å²) in [6.07, 6.45) is 1.58. The SMILES string of the molecule is CCOC(=O)c1ccc(NNc2nc3cccnc3[nH]c2=O)cc1. The zero-order valence-corrected chi connectivity index (χ0v) is 12.9. The lowest BCUT2D eigenvalue weighted by Crippen LogP contribution is -2.20. The number of carbonyl (C=O) groups excluding carboxylic acids is 1. The van der Waals surface area contributed by atoms with Gasteiger partial charge in [0, 0.05) is 6.20 Å². The molecule has 0 aliphatic heterocycles. The highest BCUT2D eigenvalue weighted by atomic mass is 16.5. The number of aromatic amines is 1. The number of pyridine rings is 1. The van der Waals surface area contributed by atoms with E-state index in [1.54, 1.807) is 49.5 Å². The fourth-order valence-corrected chi connectivity index (χ4v) is 2.04. The van der Waals surface area contributed by atoms with E-state index in [1.807, 2.05) is 0 Å². The molecule has 3 rings (SSSR count). The van der Waals surface area contributed by atoms with Crippen LogP contribution in [0.3, 0.4) is 0 Å². The number of benzene rings is 1. The van der Waals surface area contributed by atoms with E-state index in [9.17, 15) is 9.59 Å². The summed E-state index contributed by atoms with van der Waals surface area (Å²) >= 11 is 0. The summed E-state index contributed by atoms with van der Waals surface area (Å²) in [5, 5.41) is 0. The van der Waals surface area contributed by atoms with E-state index in [0.717, 1.165) is 0 Å². The smallest absolute Gasteiger partial charge is 0.338 e. The fraction of sp³-hybridized carbons (Fsp3) is 0.125. The molecule has 0 amide bonds. The molecule has 0 saturated carbocycles. The third-order valence-electron chi connectivity index (χ3n) is 3.19. The van der Waals surface area contributed by atoms with E-state index in [4.69, 9.17) is 4.74 Å². The third kappa shape index (κ3) is 3.32. The van der Waals surface area contributed by atoms with E-state index in [2.05, 4.69) is 25.8 Å². The van der Waals surface area contributed by atoms with Crippen LogP contribution >= 0.6 is 0 Å². The zero-order chi connectivity index (χ0) is 16.9. The molecular formula is C16H15N5O3. The number of ether oxygens (including phenoxy) is 1. The van der Waals surface area contributed by atoms with Gasteiger partial charge in [0.25, 0.3) is 5.56 Å². The Balaban J connectivity index is 1.73. The summed E-state index contributed by atoms with van der Waals surface area (Å²) in [4.78, 5) is 34.4. The second-order valence-electron chi connectivity index (χ2n) is 4.83. The van der Waals surface area contributed by atoms with Gasteiger partial charge in [-0.2, -0.15) is 0 Å². The molecule has 2 heterocycles. The van der Waals surface area contributed by atoms with Crippen LogP contribution in [0, 0.1) is 0 Å². The lowest BCUT2D eigenvalue weighted by atomic mass is 10.2. The average molecular weight is 325 g/mol. The van der Waals surface area contributed by atoms with Crippen molar-refractivity contribution in [2.24, 2.45) is 0 Å². The first-order valence-electron chi connectivity index (χ1n) is 7.31. The van der Waals surface area contributed by atoms with Crippen molar-refractivity contribution in [3.05, 3.63) is 58.5 Å². The first-order chi connectivity index (χ1) is 11.7. The van der Waals surface area contributed by atoms with Crippen molar-refractivity contribution in [1.82, 2.24) is 15.0 Å². The van der Waals surface area contributed by atoms with Gasteiger partial charge in [0.15, 0.2) is 5.65 Å². The topological polar surface area (TPSA) is 109 Å². The summed E-state index contributed by atoms with van der Waals surface area (Å²) in [5.41, 5.74) is 7.32. The molecule has 1 aromatic carbocycles. The minimum absolute atomic E-state index is 0.116. The molecule has 2 aromatic heterocycles. The van der Waals surface area contributed by atoms with Crippen molar-refractivity contribution in [2.45, 2.75) is 6.92 Å². The number of esters is 1. The lowest BCUT2D eigenvalue weighted by molar-refractivity contribution is 0.0526. The van der Waals surface area contributed by atoms with Gasteiger partial charge < -0.3 is 9.72 Å². The standard InChI is InChI=1S/C16H15N5O3/c1-2-24-16(23)10-5-7-11(8-6-10)20-21-14-15(22)19-13-12(18-14)4-3-9-17-13/h3-9,20H,2H2,1H3,(H,18,21)(H,17,19,22). The molecule has 0 radical (unpaired) electrons. The number of aromatic nitrogens is 3. The van der Waals surface area contributed by atoms with E-state index < -0.39 is 5.56 Å². The van der Waals surface area contributed by atoms with Gasteiger partial charge in [-0.15, -0.1) is 0 Å². The molecule has 8 nitrogen and oxygen atoms in total. The number of fused-ring (bicyclic) bond motifs is 1. The average Bonchev–Trinajstić information content (AvgIpc) is 2.60. The van der Waals surface area contributed by atoms with Crippen LogP contribution in [0.25, 0.3) is 11.2 Å². The largest absolute Gasteiger partial charge is 0.462 e. The van der Waals surface area contributed by atoms with Crippen LogP contribution in [0.2, 0.25) is 0 Å². The molecule has 0 saturated heterocycles. The summed E-state index contributed by atoms with van der Waals surface area (Å²) in [7, 11) is 0. The number of anilines is 2. The van der Waals surface area contributed by atoms with E-state index >= 15 is 0 Å². The molecule has 3 aromatic rings. The molecule has 0 atom stereocenters. The molecule has 122 valence electrons. The first kappa shape index (κ1) is 15.5. The van der Waals surface area contributed by atoms with Crippen LogP contribution in [0.15, 0.2) is 47.4 Å². The highest BCUT2D eigenvalue weighted by Gasteiger charge is 2.07. The Morgan fingerprint density at radius 3 is 2.75 bits per heavy atom. The molecule has 0 bridgehead atoms. The van der Waals surface area contributed by atoms with Crippen LogP contribution in [-0.4, -0.2) is 27.5 Å². The number of hydrogen-bond donors (Lipinski definition) is 3. The maximum atomic E-state index is 11.9. The number of rotatable bonds is 5. The van der Waals surface area contributed by atoms with Crippen LogP contribution in [0.4, 0.5) is 11.5 Å². The van der Waals surface area contributed by atoms with Crippen LogP contribution < -0.4 is 16.4 Å². The van der Waals surface area contributed by atoms with E-state index in [0.29, 0.717) is 29.0 Å². The lowest BCUT2D eigenvalue weighted by Gasteiger charge is -2.09. The van der Waals surface area contributed by atoms with Crippen molar-refractivity contribution >= 4 is 28.6 Å². The van der Waals surface area contributed by atoms with Crippen LogP contribution in [-0.2, 0) is 4.74 Å². The highest BCUT2D eigenvalue weighted by molar-refractivity contribution is 5.89. The minimum Gasteiger partial charge on any atom is -0.462 e. The van der Waals surface area contributed by atoms with Crippen molar-refractivity contribution < 1.29 is 9.53 Å². The number of carbonyl (C=O) groups is 1. The number of H-pyrrole nitrogens is 1. The van der Waals surface area contributed by atoms with Gasteiger partial charge >= 0.3 is 5.97 Å². The van der Waals surface area contributed by atoms with Crippen LogP contribution in [0.1, 0.15) is 17.3 Å². The Labute approximate surface area is 136 Å². The molecule has 24 heavy (non-hydrogen) atoms. The monoisotopic (exact) mass is 325 g/mol. The second-order valence-corrected chi connectivity index (χ2v) is 4.83. The van der Waals surface area contributed by atoms with Gasteiger partial charge in [-0.25, -0.2) is 14.8 Å². The normalized spacial score (nSPS) is 10.4. The van der Waals surface area contributed by atoms with Crippen LogP contribution in [0.5, 0.6) is 0 Å². The summed E-state index contributed by atoms with van der Waals surface area (Å²) in [5.74, 6) is -0.262. The molecule has 0 fully saturated rings. The first-order valence-corrected chi connectivity index (χ1v) is 7.31. The second kappa shape index (κ2) is 6.78. The Hall–Kier alpha value is -3.42. The van der Waals surface area contributed by atoms with Gasteiger partial charge in [-0.3, -0.25) is 15.6 Å². The van der Waals surface area contributed by atoms with Gasteiger partial charge in [-0.1, -0.05) is 0 Å². The van der Waals surface area contributed by atoms with Crippen molar-refractivity contribution in [3.63, 3.8) is 0 Å². The zero-order valence-electron chi connectivity index (χ0n) is 12.9. The predicted molar refractivity (Wildman–Crippen MR) is 89.8 cm³/mol. The molecule has 8 heteroatoms. The number of hydrogen-bond acceptors (Lipinski definition) is 7. The predicted octanol–water partition coefficient (Wildman–Crippen LogP) is 1.93. The Kier molecular flexibility index (Phi) is 4.37. The molecule has 0 aliphatic rings. The molecular weight excluding hydrogens is 310 g/mol. The number of hydrazine groups is 1. The van der Waals surface area contributed by atoms with Gasteiger partial charge in [0.1, 0.15) is 5.52 Å². The maximum absolute atomic E-state index is 11.9. The quantitative estimate of drug-likeness (QED) is 0.486. The van der Waals surface area contributed by atoms with Gasteiger partial charge in [0.2, 0.25) is 5.82 Å². The summed E-state index contributed by atoms with van der Waals surface area (Å²) in [6.45, 7) is 2.08. The van der Waals surface area contributed by atoms with Crippen molar-refractivity contribution in [3.8, 4) is 0 Å². The summed E-state index contributed by atoms with van der Waals surface area (Å²) in [6, 6.07) is 10.1. The van der Waals surface area contributed by atoms with Gasteiger partial charge in [-0.05, 0) is 43.3 Å². The fourth-order valence-electron chi connectivity index (χ4n) is 2.04. The van der Waals surface area contributed by atoms with E-state index in [-0.39, 0.29) is 11.8 Å².